The molecule has 4 rings (SSSR count). The van der Waals surface area contributed by atoms with E-state index in [1.807, 2.05) is 13.8 Å². The monoisotopic (exact) mass is 466 g/mol. The predicted molar refractivity (Wildman–Crippen MR) is 125 cm³/mol. The largest absolute Gasteiger partial charge is 0.268 e. The van der Waals surface area contributed by atoms with Crippen molar-refractivity contribution in [2.24, 2.45) is 0 Å². The van der Waals surface area contributed by atoms with E-state index in [-0.39, 0.29) is 20.8 Å². The minimum atomic E-state index is -3.98. The van der Waals surface area contributed by atoms with Gasteiger partial charge in [-0.25, -0.2) is 24.8 Å². The molecule has 0 saturated carbocycles. The van der Waals surface area contributed by atoms with Gasteiger partial charge in [0.1, 0.15) is 0 Å². The SMILES string of the molecule is Cc1ccc(S(=O)(=O)n2ccccn(S(=O)(=O)c3ccc(C)cc3)c3ccccc32)cc1. The molecule has 0 aliphatic rings. The molecule has 0 amide bonds. The van der Waals surface area contributed by atoms with Crippen LogP contribution in [0.4, 0.5) is 0 Å². The number of benzene rings is 3. The van der Waals surface area contributed by atoms with Crippen LogP contribution < -0.4 is 0 Å². The summed E-state index contributed by atoms with van der Waals surface area (Å²) in [5.74, 6) is 0. The maximum Gasteiger partial charge on any atom is 0.268 e. The molecule has 0 aliphatic heterocycles. The molecule has 0 radical (unpaired) electrons. The molecule has 164 valence electrons. The van der Waals surface area contributed by atoms with Crippen molar-refractivity contribution in [3.63, 3.8) is 0 Å². The van der Waals surface area contributed by atoms with E-state index in [0.717, 1.165) is 19.1 Å². The molecular weight excluding hydrogens is 444 g/mol. The number of para-hydroxylation sites is 2. The number of aryl methyl sites for hydroxylation is 2. The highest BCUT2D eigenvalue weighted by atomic mass is 32.2. The van der Waals surface area contributed by atoms with Gasteiger partial charge in [-0.1, -0.05) is 47.5 Å². The quantitative estimate of drug-likeness (QED) is 0.438. The molecule has 0 aliphatic carbocycles. The van der Waals surface area contributed by atoms with E-state index in [1.54, 1.807) is 48.5 Å². The summed E-state index contributed by atoms with van der Waals surface area (Å²) in [6.07, 6.45) is 2.83. The minimum Gasteiger partial charge on any atom is -0.240 e. The Morgan fingerprint density at radius 2 is 0.844 bits per heavy atom. The average Bonchev–Trinajstić information content (AvgIpc) is 2.75. The first kappa shape index (κ1) is 21.9. The summed E-state index contributed by atoms with van der Waals surface area (Å²) in [6.45, 7) is 3.75. The molecule has 0 atom stereocenters. The third kappa shape index (κ3) is 3.94. The summed E-state index contributed by atoms with van der Waals surface area (Å²) in [7, 11) is -7.96. The van der Waals surface area contributed by atoms with Crippen molar-refractivity contribution in [2.75, 3.05) is 0 Å². The van der Waals surface area contributed by atoms with Gasteiger partial charge in [0.05, 0.1) is 20.8 Å². The summed E-state index contributed by atoms with van der Waals surface area (Å²) >= 11 is 0. The smallest absolute Gasteiger partial charge is 0.240 e. The van der Waals surface area contributed by atoms with Crippen LogP contribution in [0.2, 0.25) is 0 Å². The van der Waals surface area contributed by atoms with E-state index in [0.29, 0.717) is 0 Å². The zero-order valence-corrected chi connectivity index (χ0v) is 19.2. The van der Waals surface area contributed by atoms with Gasteiger partial charge >= 0.3 is 0 Å². The van der Waals surface area contributed by atoms with Gasteiger partial charge in [0.15, 0.2) is 0 Å². The molecule has 6 nitrogen and oxygen atoms in total. The average molecular weight is 467 g/mol. The maximum atomic E-state index is 13.5. The Morgan fingerprint density at radius 3 is 1.19 bits per heavy atom. The van der Waals surface area contributed by atoms with Crippen molar-refractivity contribution in [1.82, 2.24) is 7.94 Å². The highest BCUT2D eigenvalue weighted by Crippen LogP contribution is 2.23. The van der Waals surface area contributed by atoms with Crippen LogP contribution in [0.3, 0.4) is 0 Å². The molecule has 4 aromatic rings. The number of fused-ring (bicyclic) bond motifs is 1. The Hall–Kier alpha value is -3.36. The van der Waals surface area contributed by atoms with Gasteiger partial charge in [-0.2, -0.15) is 0 Å². The molecule has 0 N–H and O–H groups in total. The molecular formula is C24H22N2O4S2. The van der Waals surface area contributed by atoms with Gasteiger partial charge in [0, 0.05) is 12.4 Å². The van der Waals surface area contributed by atoms with Crippen molar-refractivity contribution in [1.29, 1.82) is 0 Å². The first-order valence-electron chi connectivity index (χ1n) is 9.87. The highest BCUT2D eigenvalue weighted by Gasteiger charge is 2.21. The Bertz CT molecular complexity index is 1430. The summed E-state index contributed by atoms with van der Waals surface area (Å²) in [5, 5.41) is 0. The lowest BCUT2D eigenvalue weighted by Gasteiger charge is -2.15. The van der Waals surface area contributed by atoms with Crippen molar-refractivity contribution in [3.8, 4) is 0 Å². The fourth-order valence-electron chi connectivity index (χ4n) is 3.32. The summed E-state index contributed by atoms with van der Waals surface area (Å²) in [5.41, 5.74) is 2.32. The fraction of sp³-hybridized carbons (Fsp3) is 0.0833. The molecule has 0 saturated heterocycles. The molecule has 1 aromatic heterocycles. The third-order valence-corrected chi connectivity index (χ3v) is 8.47. The van der Waals surface area contributed by atoms with Crippen LogP contribution in [-0.4, -0.2) is 24.8 Å². The van der Waals surface area contributed by atoms with Gasteiger partial charge in [0.25, 0.3) is 20.0 Å². The summed E-state index contributed by atoms with van der Waals surface area (Å²) in [4.78, 5) is 0.222. The topological polar surface area (TPSA) is 78.1 Å². The highest BCUT2D eigenvalue weighted by molar-refractivity contribution is 7.90. The van der Waals surface area contributed by atoms with Crippen molar-refractivity contribution in [3.05, 3.63) is 108 Å². The van der Waals surface area contributed by atoms with Crippen LogP contribution >= 0.6 is 0 Å². The van der Waals surface area contributed by atoms with Gasteiger partial charge in [-0.3, -0.25) is 0 Å². The number of hydrogen-bond donors (Lipinski definition) is 0. The van der Waals surface area contributed by atoms with Gasteiger partial charge in [-0.15, -0.1) is 0 Å². The normalized spacial score (nSPS) is 11.9. The Labute approximate surface area is 187 Å². The van der Waals surface area contributed by atoms with Gasteiger partial charge in [-0.05, 0) is 62.4 Å². The zero-order valence-electron chi connectivity index (χ0n) is 17.6. The lowest BCUT2D eigenvalue weighted by Crippen LogP contribution is -2.17. The van der Waals surface area contributed by atoms with E-state index >= 15 is 0 Å². The summed E-state index contributed by atoms with van der Waals surface area (Å²) < 4.78 is 56.1. The van der Waals surface area contributed by atoms with Crippen LogP contribution in [0.5, 0.6) is 0 Å². The maximum absolute atomic E-state index is 13.5. The summed E-state index contributed by atoms with van der Waals surface area (Å²) in [6, 6.07) is 22.6. The van der Waals surface area contributed by atoms with E-state index in [2.05, 4.69) is 0 Å². The Balaban J connectivity index is 2.05. The minimum absolute atomic E-state index is 0.111. The molecule has 0 spiro atoms. The van der Waals surface area contributed by atoms with Gasteiger partial charge in [0.2, 0.25) is 0 Å². The molecule has 0 fully saturated rings. The number of hydrogen-bond acceptors (Lipinski definition) is 4. The van der Waals surface area contributed by atoms with Gasteiger partial charge < -0.3 is 0 Å². The first-order chi connectivity index (χ1) is 15.2. The molecule has 0 unspecified atom stereocenters. The van der Waals surface area contributed by atoms with Crippen molar-refractivity contribution in [2.45, 2.75) is 23.6 Å². The Morgan fingerprint density at radius 1 is 0.500 bits per heavy atom. The predicted octanol–water partition coefficient (Wildman–Crippen LogP) is 4.66. The van der Waals surface area contributed by atoms with E-state index in [1.165, 1.54) is 48.8 Å². The van der Waals surface area contributed by atoms with E-state index in [9.17, 15) is 16.8 Å². The lowest BCUT2D eigenvalue weighted by molar-refractivity contribution is 0.585. The molecule has 0 bridgehead atoms. The molecule has 3 aromatic carbocycles. The van der Waals surface area contributed by atoms with Crippen molar-refractivity contribution >= 4 is 31.1 Å². The number of nitrogens with zero attached hydrogens (tertiary/aromatic N) is 2. The first-order valence-corrected chi connectivity index (χ1v) is 12.8. The fourth-order valence-corrected chi connectivity index (χ4v) is 6.02. The molecule has 1 heterocycles. The third-order valence-electron chi connectivity index (χ3n) is 5.07. The van der Waals surface area contributed by atoms with E-state index < -0.39 is 20.0 Å². The van der Waals surface area contributed by atoms with Crippen LogP contribution in [0.15, 0.2) is 107 Å². The number of aromatic nitrogens is 2. The second-order valence-corrected chi connectivity index (χ2v) is 11.0. The van der Waals surface area contributed by atoms with Crippen molar-refractivity contribution < 1.29 is 16.8 Å². The zero-order chi connectivity index (χ0) is 22.9. The van der Waals surface area contributed by atoms with Crippen LogP contribution in [-0.2, 0) is 20.0 Å². The van der Waals surface area contributed by atoms with Crippen LogP contribution in [0, 0.1) is 13.8 Å². The lowest BCUT2D eigenvalue weighted by atomic mass is 10.2. The second-order valence-electron chi connectivity index (χ2n) is 7.40. The molecule has 8 heteroatoms. The Kier molecular flexibility index (Phi) is 5.66. The van der Waals surface area contributed by atoms with Crippen LogP contribution in [0.25, 0.3) is 11.0 Å². The van der Waals surface area contributed by atoms with E-state index in [4.69, 9.17) is 0 Å². The standard InChI is InChI=1S/C24H22N2O4S2/c1-19-9-13-21(14-10-19)31(27,28)25-17-5-6-18-26(24-8-4-3-7-23(24)25)32(29,30)22-15-11-20(2)12-16-22/h3-18H,1-2H3. The second kappa shape index (κ2) is 8.29. The van der Waals surface area contributed by atoms with Crippen LogP contribution in [0.1, 0.15) is 11.1 Å². The number of rotatable bonds is 4. The molecule has 32 heavy (non-hydrogen) atoms.